The molecule has 31 heavy (non-hydrogen) atoms. The summed E-state index contributed by atoms with van der Waals surface area (Å²) < 4.78 is 12.0. The molecule has 0 aliphatic carbocycles. The van der Waals surface area contributed by atoms with Crippen LogP contribution in [0.1, 0.15) is 25.0 Å². The van der Waals surface area contributed by atoms with Gasteiger partial charge in [0, 0.05) is 26.5 Å². The van der Waals surface area contributed by atoms with E-state index in [1.807, 2.05) is 25.3 Å². The maximum absolute atomic E-state index is 12.6. The van der Waals surface area contributed by atoms with Crippen LogP contribution in [0.4, 0.5) is 10.5 Å². The van der Waals surface area contributed by atoms with Gasteiger partial charge in [0.05, 0.1) is 16.8 Å². The topological polar surface area (TPSA) is 84.9 Å². The molecule has 0 aliphatic heterocycles. The molecule has 0 unspecified atom stereocenters. The summed E-state index contributed by atoms with van der Waals surface area (Å²) in [4.78, 5) is 25.1. The van der Waals surface area contributed by atoms with E-state index in [-0.39, 0.29) is 24.0 Å². The second-order valence-electron chi connectivity index (χ2n) is 6.65. The Labute approximate surface area is 208 Å². The number of ether oxygens (including phenoxy) is 2. The molecule has 2 atom stereocenters. The summed E-state index contributed by atoms with van der Waals surface area (Å²) >= 11 is 12.2. The molecule has 0 aromatic heterocycles. The van der Waals surface area contributed by atoms with E-state index >= 15 is 0 Å². The van der Waals surface area contributed by atoms with Gasteiger partial charge < -0.3 is 14.6 Å². The summed E-state index contributed by atoms with van der Waals surface area (Å²) in [5.74, 6) is -0.716. The van der Waals surface area contributed by atoms with Gasteiger partial charge in [0.15, 0.2) is 0 Å². The van der Waals surface area contributed by atoms with Crippen molar-refractivity contribution < 1.29 is 24.2 Å². The lowest BCUT2D eigenvalue weighted by Crippen LogP contribution is -2.23. The van der Waals surface area contributed by atoms with E-state index in [1.165, 1.54) is 0 Å². The molecule has 0 fully saturated rings. The van der Waals surface area contributed by atoms with E-state index in [4.69, 9.17) is 9.47 Å². The highest BCUT2D eigenvalue weighted by molar-refractivity contribution is 9.11. The van der Waals surface area contributed by atoms with Crippen LogP contribution in [0.25, 0.3) is 0 Å². The molecule has 2 rings (SSSR count). The Hall–Kier alpha value is -1.36. The highest BCUT2D eigenvalue weighted by Crippen LogP contribution is 2.40. The highest BCUT2D eigenvalue weighted by atomic mass is 79.9. The fourth-order valence-electron chi connectivity index (χ4n) is 2.78. The molecule has 10 heteroatoms. The Morgan fingerprint density at radius 1 is 1.23 bits per heavy atom. The monoisotopic (exact) mass is 591 g/mol. The summed E-state index contributed by atoms with van der Waals surface area (Å²) in [5.41, 5.74) is 1.03. The van der Waals surface area contributed by atoms with Crippen molar-refractivity contribution in [2.45, 2.75) is 24.3 Å². The number of amides is 1. The molecule has 2 aromatic rings. The molecule has 2 N–H and O–H groups in total. The standard InChI is InChI=1S/C21H23Br2NO5S2/c1-12(7-8-28-18(25)11-30)20(16-9-13(22)10-17(23)19(16)26)29-21(27)24-14-3-5-15(31-2)6-4-14/h3-6,9-10,12,20,26,30H,7-8,11H2,1-2H3,(H,24,27)/t12-,20+/m0/s1. The predicted octanol–water partition coefficient (Wildman–Crippen LogP) is 6.43. The Bertz CT molecular complexity index is 911. The number of hydrogen-bond donors (Lipinski definition) is 3. The van der Waals surface area contributed by atoms with Crippen LogP contribution in [-0.2, 0) is 14.3 Å². The molecule has 0 saturated carbocycles. The van der Waals surface area contributed by atoms with E-state index in [0.717, 1.165) is 4.90 Å². The van der Waals surface area contributed by atoms with Crippen LogP contribution in [0.3, 0.4) is 0 Å². The zero-order valence-corrected chi connectivity index (χ0v) is 21.8. The van der Waals surface area contributed by atoms with Crippen LogP contribution in [0.2, 0.25) is 0 Å². The van der Waals surface area contributed by atoms with Crippen molar-refractivity contribution in [2.24, 2.45) is 5.92 Å². The zero-order valence-electron chi connectivity index (χ0n) is 16.9. The maximum Gasteiger partial charge on any atom is 0.412 e. The van der Waals surface area contributed by atoms with Crippen LogP contribution >= 0.6 is 56.3 Å². The van der Waals surface area contributed by atoms with Crippen molar-refractivity contribution in [1.82, 2.24) is 0 Å². The number of thioether (sulfide) groups is 1. The van der Waals surface area contributed by atoms with Gasteiger partial charge in [-0.1, -0.05) is 22.9 Å². The van der Waals surface area contributed by atoms with Gasteiger partial charge in [-0.15, -0.1) is 11.8 Å². The molecule has 0 saturated heterocycles. The first-order chi connectivity index (χ1) is 14.7. The summed E-state index contributed by atoms with van der Waals surface area (Å²) in [5, 5.41) is 13.3. The molecule has 0 aliphatic rings. The number of hydrogen-bond acceptors (Lipinski definition) is 7. The number of benzene rings is 2. The van der Waals surface area contributed by atoms with E-state index < -0.39 is 18.2 Å². The minimum atomic E-state index is -0.783. The Kier molecular flexibility index (Phi) is 10.5. The molecule has 6 nitrogen and oxygen atoms in total. The summed E-state index contributed by atoms with van der Waals surface area (Å²) in [6.07, 6.45) is 0.952. The number of anilines is 1. The molecular formula is C21H23Br2NO5S2. The third kappa shape index (κ3) is 7.93. The SMILES string of the molecule is CSc1ccc(NC(=O)O[C@@H](c2cc(Br)cc(Br)c2O)[C@@H](C)CCOC(=O)CS)cc1. The van der Waals surface area contributed by atoms with Gasteiger partial charge in [-0.2, -0.15) is 12.6 Å². The highest BCUT2D eigenvalue weighted by Gasteiger charge is 2.28. The van der Waals surface area contributed by atoms with Crippen LogP contribution in [-0.4, -0.2) is 35.8 Å². The molecular weight excluding hydrogens is 570 g/mol. The third-order valence-electron chi connectivity index (χ3n) is 4.42. The number of esters is 1. The Balaban J connectivity index is 2.20. The fourth-order valence-corrected chi connectivity index (χ4v) is 4.54. The lowest BCUT2D eigenvalue weighted by Gasteiger charge is -2.26. The fraction of sp³-hybridized carbons (Fsp3) is 0.333. The summed E-state index contributed by atoms with van der Waals surface area (Å²) in [6, 6.07) is 10.8. The van der Waals surface area contributed by atoms with Crippen LogP contribution < -0.4 is 5.32 Å². The molecule has 2 aromatic carbocycles. The van der Waals surface area contributed by atoms with E-state index in [9.17, 15) is 14.7 Å². The number of phenols is 1. The van der Waals surface area contributed by atoms with Gasteiger partial charge >= 0.3 is 12.1 Å². The first kappa shape index (κ1) is 25.9. The molecule has 0 radical (unpaired) electrons. The van der Waals surface area contributed by atoms with Crippen molar-refractivity contribution in [3.8, 4) is 5.75 Å². The number of rotatable bonds is 9. The predicted molar refractivity (Wildman–Crippen MR) is 133 cm³/mol. The maximum atomic E-state index is 12.6. The largest absolute Gasteiger partial charge is 0.506 e. The average Bonchev–Trinajstić information content (AvgIpc) is 2.75. The van der Waals surface area contributed by atoms with E-state index in [0.29, 0.717) is 26.6 Å². The van der Waals surface area contributed by atoms with Crippen molar-refractivity contribution in [2.75, 3.05) is 23.9 Å². The van der Waals surface area contributed by atoms with Gasteiger partial charge in [-0.05, 0) is 65.0 Å². The Morgan fingerprint density at radius 2 is 1.90 bits per heavy atom. The molecule has 168 valence electrons. The third-order valence-corrected chi connectivity index (χ3v) is 6.48. The van der Waals surface area contributed by atoms with Crippen molar-refractivity contribution >= 4 is 74.0 Å². The minimum absolute atomic E-state index is 0.00852. The zero-order chi connectivity index (χ0) is 23.0. The van der Waals surface area contributed by atoms with Crippen molar-refractivity contribution in [3.05, 3.63) is 50.9 Å². The second-order valence-corrected chi connectivity index (χ2v) is 9.62. The minimum Gasteiger partial charge on any atom is -0.506 e. The molecule has 0 heterocycles. The van der Waals surface area contributed by atoms with Crippen LogP contribution in [0, 0.1) is 5.92 Å². The number of aromatic hydroxyl groups is 1. The first-order valence-electron chi connectivity index (χ1n) is 9.31. The second kappa shape index (κ2) is 12.6. The molecule has 0 spiro atoms. The Morgan fingerprint density at radius 3 is 2.52 bits per heavy atom. The quantitative estimate of drug-likeness (QED) is 0.177. The van der Waals surface area contributed by atoms with Crippen LogP contribution in [0.5, 0.6) is 5.75 Å². The van der Waals surface area contributed by atoms with E-state index in [2.05, 4.69) is 49.8 Å². The number of carbonyl (C=O) groups is 2. The van der Waals surface area contributed by atoms with Gasteiger partial charge in [0.25, 0.3) is 0 Å². The molecule has 1 amide bonds. The van der Waals surface area contributed by atoms with E-state index in [1.54, 1.807) is 36.0 Å². The van der Waals surface area contributed by atoms with Gasteiger partial charge in [-0.25, -0.2) is 4.79 Å². The average molecular weight is 593 g/mol. The number of thiol groups is 1. The lowest BCUT2D eigenvalue weighted by molar-refractivity contribution is -0.141. The number of carbonyl (C=O) groups excluding carboxylic acids is 2. The van der Waals surface area contributed by atoms with Gasteiger partial charge in [0.1, 0.15) is 11.9 Å². The smallest absolute Gasteiger partial charge is 0.412 e. The van der Waals surface area contributed by atoms with Gasteiger partial charge in [-0.3, -0.25) is 10.1 Å². The number of nitrogens with one attached hydrogen (secondary N) is 1. The summed E-state index contributed by atoms with van der Waals surface area (Å²) in [6.45, 7) is 2.00. The summed E-state index contributed by atoms with van der Waals surface area (Å²) in [7, 11) is 0. The van der Waals surface area contributed by atoms with Gasteiger partial charge in [0.2, 0.25) is 0 Å². The molecule has 0 bridgehead atoms. The van der Waals surface area contributed by atoms with Crippen molar-refractivity contribution in [3.63, 3.8) is 0 Å². The van der Waals surface area contributed by atoms with Crippen molar-refractivity contribution in [1.29, 1.82) is 0 Å². The van der Waals surface area contributed by atoms with Crippen LogP contribution in [0.15, 0.2) is 50.2 Å². The lowest BCUT2D eigenvalue weighted by atomic mass is 9.94. The number of phenolic OH excluding ortho intramolecular Hbond substituents is 1. The normalized spacial score (nSPS) is 12.7. The first-order valence-corrected chi connectivity index (χ1v) is 12.8. The number of halogens is 2.